The zero-order valence-corrected chi connectivity index (χ0v) is 10.6. The first kappa shape index (κ1) is 12.2. The number of halogens is 1. The minimum absolute atomic E-state index is 0.0176. The minimum atomic E-state index is 0.0176. The fourth-order valence-electron chi connectivity index (χ4n) is 2.18. The van der Waals surface area contributed by atoms with Crippen LogP contribution in [0.5, 0.6) is 0 Å². The van der Waals surface area contributed by atoms with Gasteiger partial charge in [0, 0.05) is 32.3 Å². The molecule has 0 bridgehead atoms. The Kier molecular flexibility index (Phi) is 3.84. The van der Waals surface area contributed by atoms with Crippen LogP contribution in [0.3, 0.4) is 0 Å². The number of hydrogen-bond acceptors (Lipinski definition) is 3. The lowest BCUT2D eigenvalue weighted by Gasteiger charge is -2.34. The lowest BCUT2D eigenvalue weighted by Crippen LogP contribution is -2.47. The van der Waals surface area contributed by atoms with Crippen molar-refractivity contribution in [2.45, 2.75) is 25.8 Å². The molecule has 1 aliphatic heterocycles. The van der Waals surface area contributed by atoms with E-state index in [0.29, 0.717) is 5.02 Å². The monoisotopic (exact) mass is 253 g/mol. The van der Waals surface area contributed by atoms with Crippen LogP contribution in [0.25, 0.3) is 0 Å². The van der Waals surface area contributed by atoms with Crippen molar-refractivity contribution in [3.8, 4) is 0 Å². The average Bonchev–Trinajstić information content (AvgIpc) is 2.29. The summed E-state index contributed by atoms with van der Waals surface area (Å²) in [5, 5.41) is 3.61. The predicted octanol–water partition coefficient (Wildman–Crippen LogP) is 1.84. The van der Waals surface area contributed by atoms with Gasteiger partial charge in [0.2, 0.25) is 5.91 Å². The average molecular weight is 254 g/mol. The summed E-state index contributed by atoms with van der Waals surface area (Å²) in [5.74, 6) is 0.827. The number of amides is 1. The Morgan fingerprint density at radius 1 is 1.65 bits per heavy atom. The van der Waals surface area contributed by atoms with Crippen LogP contribution < -0.4 is 10.2 Å². The molecule has 1 aromatic heterocycles. The van der Waals surface area contributed by atoms with E-state index in [1.807, 2.05) is 12.1 Å². The molecular weight excluding hydrogens is 238 g/mol. The molecule has 4 nitrogen and oxygen atoms in total. The molecular formula is C12H16ClN3O. The maximum Gasteiger partial charge on any atom is 0.217 e. The maximum atomic E-state index is 11.1. The van der Waals surface area contributed by atoms with Crippen LogP contribution in [0, 0.1) is 0 Å². The summed E-state index contributed by atoms with van der Waals surface area (Å²) in [6.07, 6.45) is 3.79. The zero-order valence-electron chi connectivity index (χ0n) is 9.82. The van der Waals surface area contributed by atoms with E-state index in [9.17, 15) is 4.79 Å². The van der Waals surface area contributed by atoms with Crippen molar-refractivity contribution < 1.29 is 4.79 Å². The molecule has 17 heavy (non-hydrogen) atoms. The molecule has 1 aliphatic rings. The fourth-order valence-corrected chi connectivity index (χ4v) is 2.43. The van der Waals surface area contributed by atoms with Crippen molar-refractivity contribution in [3.63, 3.8) is 0 Å². The van der Waals surface area contributed by atoms with Gasteiger partial charge in [-0.1, -0.05) is 11.6 Å². The number of carbonyl (C=O) groups excluding carboxylic acids is 1. The van der Waals surface area contributed by atoms with Gasteiger partial charge in [-0.3, -0.25) is 4.79 Å². The van der Waals surface area contributed by atoms with Crippen LogP contribution in [-0.4, -0.2) is 30.0 Å². The van der Waals surface area contributed by atoms with E-state index in [-0.39, 0.29) is 11.9 Å². The second-order valence-electron chi connectivity index (χ2n) is 4.29. The summed E-state index contributed by atoms with van der Waals surface area (Å²) in [6.45, 7) is 3.26. The summed E-state index contributed by atoms with van der Waals surface area (Å²) in [7, 11) is 0. The van der Waals surface area contributed by atoms with Gasteiger partial charge in [-0.15, -0.1) is 0 Å². The van der Waals surface area contributed by atoms with Gasteiger partial charge in [-0.2, -0.15) is 0 Å². The topological polar surface area (TPSA) is 45.2 Å². The number of hydrogen-bond donors (Lipinski definition) is 1. The summed E-state index contributed by atoms with van der Waals surface area (Å²) < 4.78 is 0. The Morgan fingerprint density at radius 2 is 2.47 bits per heavy atom. The van der Waals surface area contributed by atoms with E-state index in [1.54, 1.807) is 13.1 Å². The van der Waals surface area contributed by atoms with Gasteiger partial charge in [0.15, 0.2) is 0 Å². The van der Waals surface area contributed by atoms with Crippen molar-refractivity contribution >= 4 is 23.3 Å². The highest BCUT2D eigenvalue weighted by molar-refractivity contribution is 6.32. The van der Waals surface area contributed by atoms with Crippen molar-refractivity contribution in [3.05, 3.63) is 23.4 Å². The fraction of sp³-hybridized carbons (Fsp3) is 0.500. The van der Waals surface area contributed by atoms with Crippen LogP contribution >= 0.6 is 11.6 Å². The van der Waals surface area contributed by atoms with Crippen molar-refractivity contribution in [2.24, 2.45) is 0 Å². The molecule has 0 spiro atoms. The van der Waals surface area contributed by atoms with Crippen LogP contribution in [0.1, 0.15) is 19.8 Å². The van der Waals surface area contributed by atoms with Crippen molar-refractivity contribution in [1.82, 2.24) is 10.3 Å². The SMILES string of the molecule is CC(=O)NC1CCCN(c2ncccc2Cl)C1. The molecule has 0 aromatic carbocycles. The number of nitrogens with zero attached hydrogens (tertiary/aromatic N) is 2. The minimum Gasteiger partial charge on any atom is -0.353 e. The number of rotatable bonds is 2. The quantitative estimate of drug-likeness (QED) is 0.875. The van der Waals surface area contributed by atoms with E-state index in [0.717, 1.165) is 31.7 Å². The molecule has 1 atom stereocenters. The van der Waals surface area contributed by atoms with E-state index >= 15 is 0 Å². The first-order chi connectivity index (χ1) is 8.16. The lowest BCUT2D eigenvalue weighted by atomic mass is 10.1. The normalized spacial score (nSPS) is 20.1. The standard InChI is InChI=1S/C12H16ClN3O/c1-9(17)15-10-4-3-7-16(8-10)12-11(13)5-2-6-14-12/h2,5-6,10H,3-4,7-8H2,1H3,(H,15,17). The van der Waals surface area contributed by atoms with Crippen LogP contribution in [0.4, 0.5) is 5.82 Å². The van der Waals surface area contributed by atoms with Gasteiger partial charge in [-0.25, -0.2) is 4.98 Å². The molecule has 1 unspecified atom stereocenters. The number of piperidine rings is 1. The molecule has 1 aromatic rings. The molecule has 0 aliphatic carbocycles. The number of carbonyl (C=O) groups is 1. The second-order valence-corrected chi connectivity index (χ2v) is 4.70. The maximum absolute atomic E-state index is 11.1. The van der Waals surface area contributed by atoms with E-state index in [1.165, 1.54) is 0 Å². The summed E-state index contributed by atoms with van der Waals surface area (Å²) in [4.78, 5) is 17.5. The Morgan fingerprint density at radius 3 is 3.18 bits per heavy atom. The van der Waals surface area contributed by atoms with Gasteiger partial charge in [0.05, 0.1) is 5.02 Å². The number of nitrogens with one attached hydrogen (secondary N) is 1. The van der Waals surface area contributed by atoms with Gasteiger partial charge in [0.25, 0.3) is 0 Å². The highest BCUT2D eigenvalue weighted by Gasteiger charge is 2.22. The second kappa shape index (κ2) is 5.36. The molecule has 1 amide bonds. The Labute approximate surface area is 106 Å². The molecule has 92 valence electrons. The van der Waals surface area contributed by atoms with Crippen LogP contribution in [-0.2, 0) is 4.79 Å². The highest BCUT2D eigenvalue weighted by atomic mass is 35.5. The Hall–Kier alpha value is -1.29. The number of aromatic nitrogens is 1. The van der Waals surface area contributed by atoms with Crippen LogP contribution in [0.2, 0.25) is 5.02 Å². The van der Waals surface area contributed by atoms with E-state index < -0.39 is 0 Å². The van der Waals surface area contributed by atoms with Crippen LogP contribution in [0.15, 0.2) is 18.3 Å². The van der Waals surface area contributed by atoms with Gasteiger partial charge < -0.3 is 10.2 Å². The molecule has 1 fully saturated rings. The Balaban J connectivity index is 2.07. The number of anilines is 1. The summed E-state index contributed by atoms with van der Waals surface area (Å²) in [6, 6.07) is 3.85. The molecule has 1 saturated heterocycles. The molecule has 2 heterocycles. The van der Waals surface area contributed by atoms with Gasteiger partial charge >= 0.3 is 0 Å². The Bertz CT molecular complexity index is 410. The third-order valence-corrected chi connectivity index (χ3v) is 3.16. The zero-order chi connectivity index (χ0) is 12.3. The van der Waals surface area contributed by atoms with Crippen molar-refractivity contribution in [2.75, 3.05) is 18.0 Å². The lowest BCUT2D eigenvalue weighted by molar-refractivity contribution is -0.119. The summed E-state index contributed by atoms with van der Waals surface area (Å²) in [5.41, 5.74) is 0. The highest BCUT2D eigenvalue weighted by Crippen LogP contribution is 2.25. The largest absolute Gasteiger partial charge is 0.353 e. The molecule has 0 saturated carbocycles. The predicted molar refractivity (Wildman–Crippen MR) is 68.3 cm³/mol. The van der Waals surface area contributed by atoms with E-state index in [2.05, 4.69) is 15.2 Å². The smallest absolute Gasteiger partial charge is 0.217 e. The third kappa shape index (κ3) is 3.09. The third-order valence-electron chi connectivity index (χ3n) is 2.87. The molecule has 1 N–H and O–H groups in total. The van der Waals surface area contributed by atoms with Gasteiger partial charge in [-0.05, 0) is 25.0 Å². The first-order valence-corrected chi connectivity index (χ1v) is 6.17. The van der Waals surface area contributed by atoms with Crippen molar-refractivity contribution in [1.29, 1.82) is 0 Å². The molecule has 0 radical (unpaired) electrons. The number of pyridine rings is 1. The molecule has 5 heteroatoms. The molecule has 2 rings (SSSR count). The first-order valence-electron chi connectivity index (χ1n) is 5.79. The van der Waals surface area contributed by atoms with E-state index in [4.69, 9.17) is 11.6 Å². The van der Waals surface area contributed by atoms with Gasteiger partial charge in [0.1, 0.15) is 5.82 Å². The summed E-state index contributed by atoms with van der Waals surface area (Å²) >= 11 is 6.12.